The first-order valence-electron chi connectivity index (χ1n) is 5.25. The molecule has 5 heteroatoms. The van der Waals surface area contributed by atoms with Crippen LogP contribution in [0.1, 0.15) is 24.6 Å². The van der Waals surface area contributed by atoms with Gasteiger partial charge in [0.05, 0.1) is 26.7 Å². The molecule has 0 aliphatic carbocycles. The van der Waals surface area contributed by atoms with E-state index in [0.29, 0.717) is 0 Å². The van der Waals surface area contributed by atoms with Crippen LogP contribution < -0.4 is 0 Å². The maximum absolute atomic E-state index is 9.86. The van der Waals surface area contributed by atoms with Gasteiger partial charge in [-0.2, -0.15) is 0 Å². The number of imidazole rings is 1. The van der Waals surface area contributed by atoms with Gasteiger partial charge in [-0.05, 0) is 40.9 Å². The Bertz CT molecular complexity index is 520. The van der Waals surface area contributed by atoms with E-state index < -0.39 is 0 Å². The van der Waals surface area contributed by atoms with Gasteiger partial charge < -0.3 is 9.67 Å². The average molecular weight is 299 g/mol. The number of thiophene rings is 1. The number of halogens is 1. The number of aliphatic hydroxyl groups excluding tert-OH is 1. The number of nitrogens with zero attached hydrogens (tertiary/aromatic N) is 2. The Morgan fingerprint density at radius 2 is 2.38 bits per heavy atom. The first kappa shape index (κ1) is 10.5. The van der Waals surface area contributed by atoms with Crippen molar-refractivity contribution in [2.45, 2.75) is 25.5 Å². The number of rotatable bonds is 1. The molecule has 0 saturated heterocycles. The number of hydrogen-bond donors (Lipinski definition) is 1. The molecule has 0 amide bonds. The van der Waals surface area contributed by atoms with Crippen LogP contribution in [-0.4, -0.2) is 14.7 Å². The second kappa shape index (κ2) is 3.98. The van der Waals surface area contributed by atoms with Gasteiger partial charge >= 0.3 is 0 Å². The Morgan fingerprint density at radius 1 is 1.50 bits per heavy atom. The summed E-state index contributed by atoms with van der Waals surface area (Å²) < 4.78 is 3.24. The summed E-state index contributed by atoms with van der Waals surface area (Å²) in [7, 11) is 0. The number of aliphatic hydroxyl groups is 1. The van der Waals surface area contributed by atoms with Gasteiger partial charge in [0.2, 0.25) is 0 Å². The van der Waals surface area contributed by atoms with Crippen LogP contribution in [0.3, 0.4) is 0 Å². The Kier molecular flexibility index (Phi) is 2.61. The zero-order valence-corrected chi connectivity index (χ0v) is 11.0. The second-order valence-electron chi connectivity index (χ2n) is 3.92. The normalized spacial score (nSPS) is 19.8. The molecule has 16 heavy (non-hydrogen) atoms. The Labute approximate surface area is 106 Å². The van der Waals surface area contributed by atoms with Crippen molar-refractivity contribution in [3.8, 4) is 10.7 Å². The van der Waals surface area contributed by atoms with E-state index in [-0.39, 0.29) is 6.10 Å². The highest BCUT2D eigenvalue weighted by Crippen LogP contribution is 2.34. The van der Waals surface area contributed by atoms with Crippen molar-refractivity contribution < 1.29 is 5.11 Å². The van der Waals surface area contributed by atoms with Crippen molar-refractivity contribution in [3.05, 3.63) is 27.8 Å². The summed E-state index contributed by atoms with van der Waals surface area (Å²) in [6, 6.07) is 4.09. The Morgan fingerprint density at radius 3 is 3.12 bits per heavy atom. The molecular weight excluding hydrogens is 288 g/mol. The van der Waals surface area contributed by atoms with Crippen LogP contribution in [0.5, 0.6) is 0 Å². The Balaban J connectivity index is 2.09. The monoisotopic (exact) mass is 298 g/mol. The SMILES string of the molecule is OC1CCCn2c1cnc2-c1ccc(Br)s1. The molecule has 0 radical (unpaired) electrons. The van der Waals surface area contributed by atoms with Crippen LogP contribution in [-0.2, 0) is 6.54 Å². The predicted molar refractivity (Wildman–Crippen MR) is 67.4 cm³/mol. The molecule has 1 atom stereocenters. The van der Waals surface area contributed by atoms with Crippen LogP contribution in [0.15, 0.2) is 22.1 Å². The standard InChI is InChI=1S/C11H11BrN2OS/c12-10-4-3-9(16-10)11-13-6-7-8(15)2-1-5-14(7)11/h3-4,6,8,15H,1-2,5H2. The lowest BCUT2D eigenvalue weighted by Crippen LogP contribution is -2.15. The molecule has 0 saturated carbocycles. The minimum atomic E-state index is -0.349. The molecule has 0 bridgehead atoms. The lowest BCUT2D eigenvalue weighted by molar-refractivity contribution is 0.139. The topological polar surface area (TPSA) is 38.0 Å². The van der Waals surface area contributed by atoms with Crippen LogP contribution >= 0.6 is 27.3 Å². The maximum atomic E-state index is 9.86. The molecule has 2 aromatic rings. The van der Waals surface area contributed by atoms with E-state index in [2.05, 4.69) is 31.5 Å². The van der Waals surface area contributed by atoms with Gasteiger partial charge in [0.25, 0.3) is 0 Å². The summed E-state index contributed by atoms with van der Waals surface area (Å²) in [5, 5.41) is 9.86. The highest BCUT2D eigenvalue weighted by molar-refractivity contribution is 9.11. The molecule has 0 spiro atoms. The first-order valence-corrected chi connectivity index (χ1v) is 6.86. The molecule has 1 aliphatic heterocycles. The largest absolute Gasteiger partial charge is 0.387 e. The van der Waals surface area contributed by atoms with Crippen LogP contribution in [0.4, 0.5) is 0 Å². The van der Waals surface area contributed by atoms with Gasteiger partial charge in [-0.3, -0.25) is 0 Å². The molecule has 0 fully saturated rings. The van der Waals surface area contributed by atoms with Crippen LogP contribution in [0.2, 0.25) is 0 Å². The third-order valence-corrected chi connectivity index (χ3v) is 4.50. The fourth-order valence-corrected chi connectivity index (χ4v) is 3.50. The van der Waals surface area contributed by atoms with Crippen molar-refractivity contribution in [2.24, 2.45) is 0 Å². The fourth-order valence-electron chi connectivity index (χ4n) is 2.11. The third kappa shape index (κ3) is 1.63. The molecule has 1 N–H and O–H groups in total. The molecule has 3 rings (SSSR count). The first-order chi connectivity index (χ1) is 7.75. The van der Waals surface area contributed by atoms with Gasteiger partial charge in [-0.25, -0.2) is 4.98 Å². The molecule has 2 aromatic heterocycles. The van der Waals surface area contributed by atoms with Gasteiger partial charge in [0.1, 0.15) is 5.82 Å². The van der Waals surface area contributed by atoms with Crippen LogP contribution in [0, 0.1) is 0 Å². The lowest BCUT2D eigenvalue weighted by atomic mass is 10.1. The smallest absolute Gasteiger partial charge is 0.150 e. The minimum Gasteiger partial charge on any atom is -0.387 e. The second-order valence-corrected chi connectivity index (χ2v) is 6.38. The van der Waals surface area contributed by atoms with E-state index in [4.69, 9.17) is 0 Å². The highest BCUT2D eigenvalue weighted by atomic mass is 79.9. The van der Waals surface area contributed by atoms with Gasteiger partial charge in [0, 0.05) is 6.54 Å². The van der Waals surface area contributed by atoms with Gasteiger partial charge in [0.15, 0.2) is 0 Å². The summed E-state index contributed by atoms with van der Waals surface area (Å²) >= 11 is 5.13. The van der Waals surface area contributed by atoms with Crippen molar-refractivity contribution in [1.29, 1.82) is 0 Å². The fraction of sp³-hybridized carbons (Fsp3) is 0.364. The van der Waals surface area contributed by atoms with Crippen LogP contribution in [0.25, 0.3) is 10.7 Å². The van der Waals surface area contributed by atoms with E-state index in [1.54, 1.807) is 17.5 Å². The van der Waals surface area contributed by atoms with Gasteiger partial charge in [-0.1, -0.05) is 0 Å². The summed E-state index contributed by atoms with van der Waals surface area (Å²) in [6.45, 7) is 0.956. The van der Waals surface area contributed by atoms with E-state index in [9.17, 15) is 5.11 Å². The van der Waals surface area contributed by atoms with E-state index in [1.807, 2.05) is 6.07 Å². The lowest BCUT2D eigenvalue weighted by Gasteiger charge is -2.20. The van der Waals surface area contributed by atoms with Crippen molar-refractivity contribution in [1.82, 2.24) is 9.55 Å². The zero-order valence-electron chi connectivity index (χ0n) is 8.56. The molecule has 0 aromatic carbocycles. The minimum absolute atomic E-state index is 0.349. The third-order valence-electron chi connectivity index (χ3n) is 2.88. The quantitative estimate of drug-likeness (QED) is 0.878. The molecule has 1 unspecified atom stereocenters. The van der Waals surface area contributed by atoms with Crippen molar-refractivity contribution in [2.75, 3.05) is 0 Å². The molecular formula is C11H11BrN2OS. The predicted octanol–water partition coefficient (Wildman–Crippen LogP) is 3.20. The Hall–Kier alpha value is -0.650. The number of aromatic nitrogens is 2. The molecule has 1 aliphatic rings. The van der Waals surface area contributed by atoms with Crippen molar-refractivity contribution in [3.63, 3.8) is 0 Å². The molecule has 3 nitrogen and oxygen atoms in total. The van der Waals surface area contributed by atoms with E-state index in [1.165, 1.54) is 0 Å². The summed E-state index contributed by atoms with van der Waals surface area (Å²) in [4.78, 5) is 5.57. The molecule has 84 valence electrons. The number of hydrogen-bond acceptors (Lipinski definition) is 3. The summed E-state index contributed by atoms with van der Waals surface area (Å²) in [6.07, 6.45) is 3.31. The maximum Gasteiger partial charge on any atom is 0.150 e. The summed E-state index contributed by atoms with van der Waals surface area (Å²) in [5.41, 5.74) is 0.950. The number of fused-ring (bicyclic) bond motifs is 1. The van der Waals surface area contributed by atoms with E-state index in [0.717, 1.165) is 39.6 Å². The van der Waals surface area contributed by atoms with Gasteiger partial charge in [-0.15, -0.1) is 11.3 Å². The summed E-state index contributed by atoms with van der Waals surface area (Å²) in [5.74, 6) is 0.976. The van der Waals surface area contributed by atoms with E-state index >= 15 is 0 Å². The van der Waals surface area contributed by atoms with Crippen molar-refractivity contribution >= 4 is 27.3 Å². The zero-order chi connectivity index (χ0) is 11.1. The highest BCUT2D eigenvalue weighted by Gasteiger charge is 2.22. The average Bonchev–Trinajstić information content (AvgIpc) is 2.84. The molecule has 3 heterocycles.